The van der Waals surface area contributed by atoms with Crippen LogP contribution in [0.25, 0.3) is 5.69 Å². The fourth-order valence-corrected chi connectivity index (χ4v) is 2.13. The van der Waals surface area contributed by atoms with Crippen molar-refractivity contribution in [2.45, 2.75) is 6.92 Å². The number of aromatic carboxylic acids is 1. The Balaban J connectivity index is 1.74. The van der Waals surface area contributed by atoms with Crippen LogP contribution in [-0.2, 0) is 0 Å². The van der Waals surface area contributed by atoms with Crippen LogP contribution in [0.5, 0.6) is 0 Å². The molecule has 0 bridgehead atoms. The van der Waals surface area contributed by atoms with E-state index < -0.39 is 5.97 Å². The third-order valence-electron chi connectivity index (χ3n) is 3.43. The van der Waals surface area contributed by atoms with Gasteiger partial charge in [-0.1, -0.05) is 18.2 Å². The number of nitrogens with one attached hydrogen (secondary N) is 1. The lowest BCUT2D eigenvalue weighted by Gasteiger charge is -2.06. The molecule has 0 atom stereocenters. The summed E-state index contributed by atoms with van der Waals surface area (Å²) in [6, 6.07) is 14.2. The van der Waals surface area contributed by atoms with E-state index in [1.807, 2.05) is 31.2 Å². The van der Waals surface area contributed by atoms with E-state index in [1.165, 1.54) is 18.5 Å². The zero-order valence-electron chi connectivity index (χ0n) is 12.9. The topological polar surface area (TPSA) is 92.4 Å². The van der Waals surface area contributed by atoms with Gasteiger partial charge in [-0.25, -0.2) is 14.5 Å². The summed E-state index contributed by atoms with van der Waals surface area (Å²) in [5.74, 6) is -0.969. The fourth-order valence-electron chi connectivity index (χ4n) is 2.13. The summed E-state index contributed by atoms with van der Waals surface area (Å²) in [7, 11) is 0. The van der Waals surface area contributed by atoms with Crippen LogP contribution in [0, 0.1) is 0 Å². The predicted octanol–water partition coefficient (Wildman–Crippen LogP) is 2.80. The van der Waals surface area contributed by atoms with Gasteiger partial charge in [-0.05, 0) is 42.8 Å². The third-order valence-corrected chi connectivity index (χ3v) is 3.43. The van der Waals surface area contributed by atoms with Crippen LogP contribution in [0.1, 0.15) is 22.8 Å². The van der Waals surface area contributed by atoms with E-state index in [2.05, 4.69) is 20.6 Å². The zero-order valence-corrected chi connectivity index (χ0v) is 12.9. The van der Waals surface area contributed by atoms with Crippen molar-refractivity contribution in [1.82, 2.24) is 14.8 Å². The van der Waals surface area contributed by atoms with Crippen molar-refractivity contribution in [3.8, 4) is 5.69 Å². The number of rotatable bonds is 5. The van der Waals surface area contributed by atoms with Crippen molar-refractivity contribution in [1.29, 1.82) is 0 Å². The third kappa shape index (κ3) is 3.46. The van der Waals surface area contributed by atoms with Crippen molar-refractivity contribution in [3.05, 3.63) is 72.3 Å². The first-order chi connectivity index (χ1) is 11.6. The maximum Gasteiger partial charge on any atom is 0.335 e. The van der Waals surface area contributed by atoms with E-state index in [0.717, 1.165) is 17.0 Å². The minimum Gasteiger partial charge on any atom is -0.478 e. The molecule has 3 aromatic rings. The normalized spacial score (nSPS) is 11.3. The average molecular weight is 321 g/mol. The number of hydrogen-bond donors (Lipinski definition) is 2. The highest BCUT2D eigenvalue weighted by Gasteiger charge is 2.03. The monoisotopic (exact) mass is 321 g/mol. The second kappa shape index (κ2) is 6.74. The number of benzene rings is 2. The highest BCUT2D eigenvalue weighted by atomic mass is 16.4. The van der Waals surface area contributed by atoms with E-state index in [-0.39, 0.29) is 5.56 Å². The van der Waals surface area contributed by atoms with Gasteiger partial charge in [-0.2, -0.15) is 10.2 Å². The van der Waals surface area contributed by atoms with Gasteiger partial charge < -0.3 is 5.11 Å². The van der Waals surface area contributed by atoms with Gasteiger partial charge in [0.05, 0.1) is 22.6 Å². The summed E-state index contributed by atoms with van der Waals surface area (Å²) >= 11 is 0. The minimum absolute atomic E-state index is 0.213. The van der Waals surface area contributed by atoms with Crippen LogP contribution in [0.2, 0.25) is 0 Å². The Bertz CT molecular complexity index is 870. The number of nitrogens with zero attached hydrogens (tertiary/aromatic N) is 4. The number of carboxylic acids is 1. The van der Waals surface area contributed by atoms with Gasteiger partial charge >= 0.3 is 5.97 Å². The molecule has 1 heterocycles. The van der Waals surface area contributed by atoms with Gasteiger partial charge in [-0.3, -0.25) is 5.43 Å². The summed E-state index contributed by atoms with van der Waals surface area (Å²) in [6.45, 7) is 1.87. The molecule has 24 heavy (non-hydrogen) atoms. The molecule has 0 spiro atoms. The first-order valence-electron chi connectivity index (χ1n) is 7.22. The molecule has 0 radical (unpaired) electrons. The zero-order chi connectivity index (χ0) is 16.9. The molecule has 7 nitrogen and oxygen atoms in total. The molecule has 1 aromatic heterocycles. The van der Waals surface area contributed by atoms with Crippen molar-refractivity contribution >= 4 is 17.4 Å². The molecule has 0 amide bonds. The SMILES string of the molecule is C/C(=N\Nc1cccc(C(=O)O)c1)c1ccc(-n2cncn2)cc1. The Morgan fingerprint density at radius 1 is 1.17 bits per heavy atom. The van der Waals surface area contributed by atoms with E-state index in [1.54, 1.807) is 23.1 Å². The summed E-state index contributed by atoms with van der Waals surface area (Å²) in [4.78, 5) is 14.9. The van der Waals surface area contributed by atoms with Crippen LogP contribution >= 0.6 is 0 Å². The van der Waals surface area contributed by atoms with Gasteiger partial charge in [0.15, 0.2) is 0 Å². The summed E-state index contributed by atoms with van der Waals surface area (Å²) in [6.07, 6.45) is 3.11. The molecule has 0 unspecified atom stereocenters. The Labute approximate surface area is 138 Å². The minimum atomic E-state index is -0.969. The molecule has 0 aliphatic rings. The van der Waals surface area contributed by atoms with Crippen molar-refractivity contribution in [2.24, 2.45) is 5.10 Å². The summed E-state index contributed by atoms with van der Waals surface area (Å²) in [5.41, 5.74) is 6.34. The molecule has 7 heteroatoms. The van der Waals surface area contributed by atoms with Crippen molar-refractivity contribution in [3.63, 3.8) is 0 Å². The molecule has 2 aromatic carbocycles. The molecule has 0 saturated heterocycles. The second-order valence-corrected chi connectivity index (χ2v) is 5.08. The lowest BCUT2D eigenvalue weighted by Crippen LogP contribution is -2.02. The van der Waals surface area contributed by atoms with E-state index in [0.29, 0.717) is 5.69 Å². The Hall–Kier alpha value is -3.48. The van der Waals surface area contributed by atoms with Gasteiger partial charge in [0.25, 0.3) is 0 Å². The highest BCUT2D eigenvalue weighted by Crippen LogP contribution is 2.12. The van der Waals surface area contributed by atoms with Crippen LogP contribution in [-0.4, -0.2) is 31.6 Å². The number of aromatic nitrogens is 3. The van der Waals surface area contributed by atoms with E-state index in [4.69, 9.17) is 5.11 Å². The predicted molar refractivity (Wildman–Crippen MR) is 90.6 cm³/mol. The lowest BCUT2D eigenvalue weighted by molar-refractivity contribution is 0.0697. The standard InChI is InChI=1S/C17H15N5O2/c1-12(20-21-15-4-2-3-14(9-15)17(23)24)13-5-7-16(8-6-13)22-11-18-10-19-22/h2-11,21H,1H3,(H,23,24)/b20-12+. The fraction of sp³-hybridized carbons (Fsp3) is 0.0588. The molecule has 0 fully saturated rings. The maximum atomic E-state index is 11.0. The summed E-state index contributed by atoms with van der Waals surface area (Å²) < 4.78 is 1.67. The molecule has 120 valence electrons. The van der Waals surface area contributed by atoms with E-state index >= 15 is 0 Å². The second-order valence-electron chi connectivity index (χ2n) is 5.08. The smallest absolute Gasteiger partial charge is 0.335 e. The average Bonchev–Trinajstić information content (AvgIpc) is 3.14. The Morgan fingerprint density at radius 2 is 1.96 bits per heavy atom. The quantitative estimate of drug-likeness (QED) is 0.557. The van der Waals surface area contributed by atoms with Crippen molar-refractivity contribution in [2.75, 3.05) is 5.43 Å². The maximum absolute atomic E-state index is 11.0. The molecule has 2 N–H and O–H groups in total. The van der Waals surface area contributed by atoms with Crippen LogP contribution in [0.3, 0.4) is 0 Å². The molecule has 3 rings (SSSR count). The summed E-state index contributed by atoms with van der Waals surface area (Å²) in [5, 5.41) is 17.4. The highest BCUT2D eigenvalue weighted by molar-refractivity contribution is 5.99. The molecule has 0 aliphatic heterocycles. The molecule has 0 saturated carbocycles. The lowest BCUT2D eigenvalue weighted by atomic mass is 10.1. The first-order valence-corrected chi connectivity index (χ1v) is 7.22. The number of hydrogen-bond acceptors (Lipinski definition) is 5. The number of carbonyl (C=O) groups is 1. The number of hydrazone groups is 1. The first kappa shape index (κ1) is 15.4. The Morgan fingerprint density at radius 3 is 2.62 bits per heavy atom. The number of anilines is 1. The van der Waals surface area contributed by atoms with Crippen molar-refractivity contribution < 1.29 is 9.90 Å². The van der Waals surface area contributed by atoms with Gasteiger partial charge in [-0.15, -0.1) is 0 Å². The Kier molecular flexibility index (Phi) is 4.33. The molecule has 0 aliphatic carbocycles. The van der Waals surface area contributed by atoms with Crippen LogP contribution < -0.4 is 5.43 Å². The van der Waals surface area contributed by atoms with Gasteiger partial charge in [0.2, 0.25) is 0 Å². The van der Waals surface area contributed by atoms with Crippen LogP contribution in [0.15, 0.2) is 66.3 Å². The van der Waals surface area contributed by atoms with Gasteiger partial charge in [0.1, 0.15) is 12.7 Å². The van der Waals surface area contributed by atoms with Gasteiger partial charge in [0, 0.05) is 0 Å². The molecular formula is C17H15N5O2. The van der Waals surface area contributed by atoms with E-state index in [9.17, 15) is 4.79 Å². The van der Waals surface area contributed by atoms with Crippen LogP contribution in [0.4, 0.5) is 5.69 Å². The largest absolute Gasteiger partial charge is 0.478 e. The molecular weight excluding hydrogens is 306 g/mol. The number of carboxylic acid groups (broad SMARTS) is 1.